The van der Waals surface area contributed by atoms with Gasteiger partial charge in [-0.3, -0.25) is 4.79 Å². The van der Waals surface area contributed by atoms with Crippen LogP contribution < -0.4 is 0 Å². The highest BCUT2D eigenvalue weighted by Gasteiger charge is 2.20. The Labute approximate surface area is 110 Å². The van der Waals surface area contributed by atoms with Crippen LogP contribution in [0.2, 0.25) is 0 Å². The molecule has 0 radical (unpaired) electrons. The van der Waals surface area contributed by atoms with E-state index in [1.165, 1.54) is 11.3 Å². The van der Waals surface area contributed by atoms with Gasteiger partial charge in [-0.1, -0.05) is 15.9 Å². The van der Waals surface area contributed by atoms with Crippen LogP contribution in [0.3, 0.4) is 0 Å². The lowest BCUT2D eigenvalue weighted by atomic mass is 10.2. The maximum atomic E-state index is 12.3. The van der Waals surface area contributed by atoms with Crippen molar-refractivity contribution in [2.45, 2.75) is 33.2 Å². The molecule has 0 unspecified atom stereocenters. The van der Waals surface area contributed by atoms with Crippen molar-refractivity contribution in [1.29, 1.82) is 0 Å². The van der Waals surface area contributed by atoms with Crippen LogP contribution in [0.25, 0.3) is 0 Å². The number of hydrogen-bond acceptors (Lipinski definition) is 2. The first-order valence-electron chi connectivity index (χ1n) is 5.49. The van der Waals surface area contributed by atoms with Crippen molar-refractivity contribution in [3.8, 4) is 0 Å². The molecule has 90 valence electrons. The molecule has 4 heteroatoms. The molecule has 0 aliphatic carbocycles. The Morgan fingerprint density at radius 2 is 2.25 bits per heavy atom. The van der Waals surface area contributed by atoms with E-state index in [1.807, 2.05) is 23.3 Å². The van der Waals surface area contributed by atoms with E-state index in [9.17, 15) is 4.79 Å². The number of thiophene rings is 1. The van der Waals surface area contributed by atoms with Crippen LogP contribution >= 0.6 is 27.3 Å². The summed E-state index contributed by atoms with van der Waals surface area (Å²) in [5, 5.41) is 2.92. The minimum atomic E-state index is 0.170. The maximum Gasteiger partial charge on any atom is 0.264 e. The van der Waals surface area contributed by atoms with E-state index in [0.717, 1.165) is 28.7 Å². The lowest BCUT2D eigenvalue weighted by molar-refractivity contribution is 0.0711. The fourth-order valence-corrected chi connectivity index (χ4v) is 2.68. The number of nitrogens with zero attached hydrogens (tertiary/aromatic N) is 1. The van der Waals surface area contributed by atoms with Crippen molar-refractivity contribution in [3.63, 3.8) is 0 Å². The molecular weight excluding hydrogens is 286 g/mol. The van der Waals surface area contributed by atoms with E-state index >= 15 is 0 Å². The van der Waals surface area contributed by atoms with Gasteiger partial charge in [-0.05, 0) is 44.2 Å². The first kappa shape index (κ1) is 13.7. The fraction of sp³-hybridized carbons (Fsp3) is 0.583. The second kappa shape index (κ2) is 6.40. The number of rotatable bonds is 5. The van der Waals surface area contributed by atoms with Gasteiger partial charge in [0.1, 0.15) is 0 Å². The zero-order chi connectivity index (χ0) is 12.1. The fourth-order valence-electron chi connectivity index (χ4n) is 1.55. The molecular formula is C12H18BrNOS. The van der Waals surface area contributed by atoms with Crippen molar-refractivity contribution in [1.82, 2.24) is 4.90 Å². The van der Waals surface area contributed by atoms with Crippen LogP contribution in [0.5, 0.6) is 0 Å². The van der Waals surface area contributed by atoms with E-state index in [2.05, 4.69) is 29.8 Å². The molecule has 0 saturated heterocycles. The quantitative estimate of drug-likeness (QED) is 0.760. The Morgan fingerprint density at radius 3 is 2.69 bits per heavy atom. The van der Waals surface area contributed by atoms with Gasteiger partial charge in [0.2, 0.25) is 0 Å². The Hall–Kier alpha value is -0.350. The highest BCUT2D eigenvalue weighted by atomic mass is 79.9. The van der Waals surface area contributed by atoms with Crippen molar-refractivity contribution in [3.05, 3.63) is 21.9 Å². The van der Waals surface area contributed by atoms with Gasteiger partial charge in [0, 0.05) is 17.9 Å². The lowest BCUT2D eigenvalue weighted by Gasteiger charge is -2.26. The molecule has 0 fully saturated rings. The van der Waals surface area contributed by atoms with Gasteiger partial charge in [0.25, 0.3) is 5.91 Å². The molecule has 0 aliphatic rings. The number of hydrogen-bond donors (Lipinski definition) is 0. The first-order valence-corrected chi connectivity index (χ1v) is 7.49. The van der Waals surface area contributed by atoms with E-state index in [4.69, 9.17) is 0 Å². The van der Waals surface area contributed by atoms with E-state index in [0.29, 0.717) is 0 Å². The summed E-state index contributed by atoms with van der Waals surface area (Å²) in [5.41, 5.74) is 1.08. The molecule has 0 aromatic carbocycles. The van der Waals surface area contributed by atoms with E-state index in [1.54, 1.807) is 0 Å². The summed E-state index contributed by atoms with van der Waals surface area (Å²) in [4.78, 5) is 15.1. The molecule has 0 atom stereocenters. The number of carbonyl (C=O) groups is 1. The average molecular weight is 304 g/mol. The Balaban J connectivity index is 2.79. The molecule has 2 nitrogen and oxygen atoms in total. The Bertz CT molecular complexity index is 349. The van der Waals surface area contributed by atoms with Crippen molar-refractivity contribution in [2.24, 2.45) is 0 Å². The zero-order valence-electron chi connectivity index (χ0n) is 10.00. The number of carbonyl (C=O) groups excluding carboxylic acids is 1. The molecule has 0 bridgehead atoms. The van der Waals surface area contributed by atoms with Crippen LogP contribution in [-0.2, 0) is 0 Å². The topological polar surface area (TPSA) is 20.3 Å². The summed E-state index contributed by atoms with van der Waals surface area (Å²) >= 11 is 4.94. The first-order chi connectivity index (χ1) is 7.57. The highest BCUT2D eigenvalue weighted by molar-refractivity contribution is 9.09. The normalized spacial score (nSPS) is 10.8. The van der Waals surface area contributed by atoms with Gasteiger partial charge in [-0.25, -0.2) is 0 Å². The molecule has 1 heterocycles. The Morgan fingerprint density at radius 1 is 1.56 bits per heavy atom. The highest BCUT2D eigenvalue weighted by Crippen LogP contribution is 2.19. The third-order valence-electron chi connectivity index (χ3n) is 2.47. The maximum absolute atomic E-state index is 12.3. The van der Waals surface area contributed by atoms with Crippen LogP contribution in [0.4, 0.5) is 0 Å². The minimum Gasteiger partial charge on any atom is -0.335 e. The SMILES string of the molecule is Cc1ccsc1C(=O)N(CCCBr)C(C)C. The molecule has 1 amide bonds. The van der Waals surface area contributed by atoms with Crippen LogP contribution in [0.15, 0.2) is 11.4 Å². The second-order valence-corrected chi connectivity index (χ2v) is 5.78. The summed E-state index contributed by atoms with van der Waals surface area (Å²) < 4.78 is 0. The standard InChI is InChI=1S/C12H18BrNOS/c1-9(2)14(7-4-6-13)12(15)11-10(3)5-8-16-11/h5,8-9H,4,6-7H2,1-3H3. The largest absolute Gasteiger partial charge is 0.335 e. The summed E-state index contributed by atoms with van der Waals surface area (Å²) in [7, 11) is 0. The molecule has 0 saturated carbocycles. The monoisotopic (exact) mass is 303 g/mol. The Kier molecular flexibility index (Phi) is 5.49. The van der Waals surface area contributed by atoms with Crippen molar-refractivity contribution < 1.29 is 4.79 Å². The minimum absolute atomic E-state index is 0.170. The average Bonchev–Trinajstić information content (AvgIpc) is 2.64. The summed E-state index contributed by atoms with van der Waals surface area (Å²) in [6, 6.07) is 2.26. The van der Waals surface area contributed by atoms with E-state index < -0.39 is 0 Å². The van der Waals surface area contributed by atoms with Gasteiger partial charge in [-0.2, -0.15) is 0 Å². The van der Waals surface area contributed by atoms with Gasteiger partial charge in [0.05, 0.1) is 4.88 Å². The van der Waals surface area contributed by atoms with Gasteiger partial charge in [-0.15, -0.1) is 11.3 Å². The molecule has 16 heavy (non-hydrogen) atoms. The number of aryl methyl sites for hydroxylation is 1. The molecule has 1 rings (SSSR count). The summed E-state index contributed by atoms with van der Waals surface area (Å²) in [6.07, 6.45) is 0.994. The van der Waals surface area contributed by atoms with Gasteiger partial charge < -0.3 is 4.90 Å². The van der Waals surface area contributed by atoms with Crippen LogP contribution in [-0.4, -0.2) is 28.7 Å². The molecule has 1 aromatic heterocycles. The number of amides is 1. The predicted octanol–water partition coefficient (Wildman–Crippen LogP) is 3.69. The van der Waals surface area contributed by atoms with E-state index in [-0.39, 0.29) is 11.9 Å². The third-order valence-corrected chi connectivity index (χ3v) is 4.04. The number of alkyl halides is 1. The van der Waals surface area contributed by atoms with Crippen molar-refractivity contribution in [2.75, 3.05) is 11.9 Å². The molecule has 1 aromatic rings. The summed E-state index contributed by atoms with van der Waals surface area (Å²) in [6.45, 7) is 6.94. The van der Waals surface area contributed by atoms with Gasteiger partial charge in [0.15, 0.2) is 0 Å². The molecule has 0 spiro atoms. The van der Waals surface area contributed by atoms with Crippen LogP contribution in [0, 0.1) is 6.92 Å². The molecule has 0 N–H and O–H groups in total. The third kappa shape index (κ3) is 3.32. The van der Waals surface area contributed by atoms with Gasteiger partial charge >= 0.3 is 0 Å². The summed E-state index contributed by atoms with van der Waals surface area (Å²) in [5.74, 6) is 0.170. The number of halogens is 1. The zero-order valence-corrected chi connectivity index (χ0v) is 12.4. The predicted molar refractivity (Wildman–Crippen MR) is 73.6 cm³/mol. The van der Waals surface area contributed by atoms with Crippen LogP contribution in [0.1, 0.15) is 35.5 Å². The smallest absolute Gasteiger partial charge is 0.264 e. The molecule has 0 aliphatic heterocycles. The second-order valence-electron chi connectivity index (χ2n) is 4.07. The van der Waals surface area contributed by atoms with Crippen molar-refractivity contribution >= 4 is 33.2 Å². The lowest BCUT2D eigenvalue weighted by Crippen LogP contribution is -2.37.